The lowest BCUT2D eigenvalue weighted by atomic mass is 10.1. The van der Waals surface area contributed by atoms with Gasteiger partial charge in [0.2, 0.25) is 0 Å². The molecule has 7 heteroatoms. The van der Waals surface area contributed by atoms with E-state index < -0.39 is 0 Å². The quantitative estimate of drug-likeness (QED) is 0.490. The molecule has 0 radical (unpaired) electrons. The number of rotatable bonds is 2. The first-order chi connectivity index (χ1) is 11.5. The average molecular weight is 378 g/mol. The van der Waals surface area contributed by atoms with Gasteiger partial charge in [-0.05, 0) is 31.2 Å². The second-order valence-electron chi connectivity index (χ2n) is 5.39. The van der Waals surface area contributed by atoms with Crippen LogP contribution in [0, 0.1) is 6.92 Å². The normalized spacial score (nSPS) is 11.3. The number of aromatic nitrogens is 4. The first kappa shape index (κ1) is 15.5. The summed E-state index contributed by atoms with van der Waals surface area (Å²) in [5.41, 5.74) is 4.34. The third-order valence-corrected chi connectivity index (χ3v) is 4.92. The standard InChI is InChI=1S/C17H11Cl3N4/c1-9-15(11-4-2-3-5-12(11)18)22-24-17(9)21-16(23-24)10-6-7-13(19)14(20)8-10/h2-8,22H,1H3. The Balaban J connectivity index is 1.84. The van der Waals surface area contributed by atoms with Crippen LogP contribution in [0.3, 0.4) is 0 Å². The van der Waals surface area contributed by atoms with Gasteiger partial charge in [-0.3, -0.25) is 5.10 Å². The molecule has 0 aliphatic rings. The second kappa shape index (κ2) is 5.81. The predicted octanol–water partition coefficient (Wildman–Crippen LogP) is 5.66. The molecular formula is C17H11Cl3N4. The highest BCUT2D eigenvalue weighted by Crippen LogP contribution is 2.32. The fourth-order valence-electron chi connectivity index (χ4n) is 2.62. The summed E-state index contributed by atoms with van der Waals surface area (Å²) in [5.74, 6) is 0.577. The number of nitrogens with one attached hydrogen (secondary N) is 1. The largest absolute Gasteiger partial charge is 0.275 e. The minimum Gasteiger partial charge on any atom is -0.275 e. The third kappa shape index (κ3) is 2.47. The van der Waals surface area contributed by atoms with E-state index in [1.54, 1.807) is 16.8 Å². The fourth-order valence-corrected chi connectivity index (χ4v) is 3.15. The van der Waals surface area contributed by atoms with E-state index in [2.05, 4.69) is 15.2 Å². The molecule has 0 saturated carbocycles. The highest BCUT2D eigenvalue weighted by Gasteiger charge is 2.17. The van der Waals surface area contributed by atoms with Crippen molar-refractivity contribution >= 4 is 40.4 Å². The van der Waals surface area contributed by atoms with Gasteiger partial charge >= 0.3 is 0 Å². The highest BCUT2D eigenvalue weighted by atomic mass is 35.5. The Morgan fingerprint density at radius 3 is 2.46 bits per heavy atom. The van der Waals surface area contributed by atoms with E-state index in [1.807, 2.05) is 37.3 Å². The van der Waals surface area contributed by atoms with Gasteiger partial charge in [-0.2, -0.15) is 4.63 Å². The molecule has 0 spiro atoms. The molecule has 1 N–H and O–H groups in total. The molecule has 4 aromatic rings. The minimum absolute atomic E-state index is 0.473. The van der Waals surface area contributed by atoms with Crippen molar-refractivity contribution in [3.8, 4) is 22.6 Å². The Morgan fingerprint density at radius 1 is 0.958 bits per heavy atom. The summed E-state index contributed by atoms with van der Waals surface area (Å²) in [5, 5.41) is 9.38. The molecule has 0 atom stereocenters. The lowest BCUT2D eigenvalue weighted by Crippen LogP contribution is -1.90. The Labute approximate surface area is 153 Å². The van der Waals surface area contributed by atoms with Crippen LogP contribution in [0.4, 0.5) is 0 Å². The highest BCUT2D eigenvalue weighted by molar-refractivity contribution is 6.42. The number of H-pyrrole nitrogens is 1. The number of aromatic amines is 1. The zero-order valence-electron chi connectivity index (χ0n) is 12.5. The Bertz CT molecular complexity index is 1070. The van der Waals surface area contributed by atoms with Gasteiger partial charge in [0.15, 0.2) is 11.5 Å². The summed E-state index contributed by atoms with van der Waals surface area (Å²) in [6.07, 6.45) is 0. The van der Waals surface area contributed by atoms with Crippen LogP contribution in [0.15, 0.2) is 42.5 Å². The van der Waals surface area contributed by atoms with Crippen molar-refractivity contribution in [1.82, 2.24) is 19.8 Å². The molecule has 4 nitrogen and oxygen atoms in total. The van der Waals surface area contributed by atoms with Gasteiger partial charge in [0, 0.05) is 21.7 Å². The summed E-state index contributed by atoms with van der Waals surface area (Å²) in [6.45, 7) is 1.98. The smallest absolute Gasteiger partial charge is 0.183 e. The molecule has 0 bridgehead atoms. The second-order valence-corrected chi connectivity index (χ2v) is 6.61. The van der Waals surface area contributed by atoms with Gasteiger partial charge in [-0.25, -0.2) is 4.98 Å². The fraction of sp³-hybridized carbons (Fsp3) is 0.0588. The number of hydrogen-bond acceptors (Lipinski definition) is 2. The van der Waals surface area contributed by atoms with Crippen LogP contribution >= 0.6 is 34.8 Å². The van der Waals surface area contributed by atoms with Gasteiger partial charge in [0.05, 0.1) is 15.7 Å². The van der Waals surface area contributed by atoms with E-state index in [4.69, 9.17) is 34.8 Å². The van der Waals surface area contributed by atoms with E-state index in [-0.39, 0.29) is 0 Å². The van der Waals surface area contributed by atoms with Gasteiger partial charge in [-0.1, -0.05) is 53.0 Å². The monoisotopic (exact) mass is 376 g/mol. The van der Waals surface area contributed by atoms with Crippen LogP contribution in [-0.4, -0.2) is 19.8 Å². The number of nitrogens with zero attached hydrogens (tertiary/aromatic N) is 3. The maximum atomic E-state index is 6.29. The number of benzene rings is 2. The zero-order valence-corrected chi connectivity index (χ0v) is 14.8. The summed E-state index contributed by atoms with van der Waals surface area (Å²) in [6, 6.07) is 13.0. The summed E-state index contributed by atoms with van der Waals surface area (Å²) >= 11 is 18.3. The van der Waals surface area contributed by atoms with Crippen LogP contribution < -0.4 is 0 Å². The van der Waals surface area contributed by atoms with Gasteiger partial charge < -0.3 is 0 Å². The summed E-state index contributed by atoms with van der Waals surface area (Å²) in [7, 11) is 0. The number of fused-ring (bicyclic) bond motifs is 1. The molecule has 2 aromatic carbocycles. The van der Waals surface area contributed by atoms with E-state index >= 15 is 0 Å². The van der Waals surface area contributed by atoms with Crippen LogP contribution in [-0.2, 0) is 0 Å². The molecular weight excluding hydrogens is 367 g/mol. The third-order valence-electron chi connectivity index (χ3n) is 3.86. The Hall–Kier alpha value is -2.01. The van der Waals surface area contributed by atoms with Crippen molar-refractivity contribution in [1.29, 1.82) is 0 Å². The topological polar surface area (TPSA) is 46.0 Å². The number of hydrogen-bond donors (Lipinski definition) is 1. The molecule has 24 heavy (non-hydrogen) atoms. The van der Waals surface area contributed by atoms with Crippen LogP contribution in [0.2, 0.25) is 15.1 Å². The molecule has 120 valence electrons. The van der Waals surface area contributed by atoms with Crippen molar-refractivity contribution in [2.75, 3.05) is 0 Å². The average Bonchev–Trinajstić information content (AvgIpc) is 3.11. The van der Waals surface area contributed by atoms with E-state index in [0.717, 1.165) is 28.0 Å². The van der Waals surface area contributed by atoms with Crippen molar-refractivity contribution in [3.05, 3.63) is 63.1 Å². The predicted molar refractivity (Wildman–Crippen MR) is 98.0 cm³/mol. The molecule has 0 aliphatic carbocycles. The van der Waals surface area contributed by atoms with Crippen molar-refractivity contribution in [2.24, 2.45) is 0 Å². The molecule has 2 heterocycles. The van der Waals surface area contributed by atoms with Crippen molar-refractivity contribution in [2.45, 2.75) is 6.92 Å². The first-order valence-corrected chi connectivity index (χ1v) is 8.33. The maximum Gasteiger partial charge on any atom is 0.183 e. The molecule has 0 saturated heterocycles. The van der Waals surface area contributed by atoms with E-state index in [1.165, 1.54) is 0 Å². The lowest BCUT2D eigenvalue weighted by Gasteiger charge is -2.02. The molecule has 2 aromatic heterocycles. The Kier molecular flexibility index (Phi) is 3.76. The molecule has 0 unspecified atom stereocenters. The first-order valence-electron chi connectivity index (χ1n) is 7.20. The molecule has 0 amide bonds. The van der Waals surface area contributed by atoms with E-state index in [9.17, 15) is 0 Å². The van der Waals surface area contributed by atoms with E-state index in [0.29, 0.717) is 20.9 Å². The van der Waals surface area contributed by atoms with Crippen molar-refractivity contribution < 1.29 is 0 Å². The number of aryl methyl sites for hydroxylation is 1. The summed E-state index contributed by atoms with van der Waals surface area (Å²) in [4.78, 5) is 4.60. The van der Waals surface area contributed by atoms with Crippen LogP contribution in [0.5, 0.6) is 0 Å². The van der Waals surface area contributed by atoms with Gasteiger partial charge in [-0.15, -0.1) is 5.10 Å². The van der Waals surface area contributed by atoms with Crippen LogP contribution in [0.25, 0.3) is 28.3 Å². The SMILES string of the molecule is Cc1c(-c2ccccc2Cl)[nH]n2nc(-c3ccc(Cl)c(Cl)c3)nc12. The minimum atomic E-state index is 0.473. The molecule has 0 aliphatic heterocycles. The van der Waals surface area contributed by atoms with Gasteiger partial charge in [0.25, 0.3) is 0 Å². The van der Waals surface area contributed by atoms with Crippen molar-refractivity contribution in [3.63, 3.8) is 0 Å². The Morgan fingerprint density at radius 2 is 1.75 bits per heavy atom. The van der Waals surface area contributed by atoms with Gasteiger partial charge in [0.1, 0.15) is 0 Å². The lowest BCUT2D eigenvalue weighted by molar-refractivity contribution is 0.828. The maximum absolute atomic E-state index is 6.29. The summed E-state index contributed by atoms with van der Waals surface area (Å²) < 4.78 is 1.64. The molecule has 0 fully saturated rings. The zero-order chi connectivity index (χ0) is 16.8. The molecule has 4 rings (SSSR count). The van der Waals surface area contributed by atoms with Crippen LogP contribution in [0.1, 0.15) is 5.56 Å². The number of halogens is 3.